The molecule has 0 spiro atoms. The lowest BCUT2D eigenvalue weighted by Crippen LogP contribution is -2.15. The fraction of sp³-hybridized carbons (Fsp3) is 1.00. The van der Waals surface area contributed by atoms with Gasteiger partial charge in [-0.05, 0) is 61.7 Å². The van der Waals surface area contributed by atoms with Crippen LogP contribution >= 0.6 is 0 Å². The minimum atomic E-state index is 1.06. The SMILES string of the molecule is CC.CC1CC2C3CCC(C3)C2C1.CCCC. The third-order valence-corrected chi connectivity index (χ3v) is 5.12. The van der Waals surface area contributed by atoms with Crippen molar-refractivity contribution in [2.75, 3.05) is 0 Å². The van der Waals surface area contributed by atoms with Gasteiger partial charge in [-0.15, -0.1) is 0 Å². The molecule has 4 atom stereocenters. The smallest absolute Gasteiger partial charge is 0.0352 e. The molecule has 0 radical (unpaired) electrons. The Morgan fingerprint density at radius 1 is 0.765 bits per heavy atom. The Labute approximate surface area is 110 Å². The van der Waals surface area contributed by atoms with Gasteiger partial charge in [-0.1, -0.05) is 47.5 Å². The van der Waals surface area contributed by atoms with Crippen LogP contribution in [-0.2, 0) is 0 Å². The van der Waals surface area contributed by atoms with E-state index in [9.17, 15) is 0 Å². The van der Waals surface area contributed by atoms with Gasteiger partial charge < -0.3 is 0 Å². The molecule has 3 aliphatic carbocycles. The van der Waals surface area contributed by atoms with Crippen molar-refractivity contribution in [3.8, 4) is 0 Å². The van der Waals surface area contributed by atoms with Crippen LogP contribution in [0.3, 0.4) is 0 Å². The zero-order valence-corrected chi connectivity index (χ0v) is 12.8. The molecule has 0 heterocycles. The Kier molecular flexibility index (Phi) is 6.59. The maximum Gasteiger partial charge on any atom is -0.0352 e. The van der Waals surface area contributed by atoms with Crippen molar-refractivity contribution in [1.82, 2.24) is 0 Å². The molecular weight excluding hydrogens is 204 g/mol. The van der Waals surface area contributed by atoms with Gasteiger partial charge >= 0.3 is 0 Å². The van der Waals surface area contributed by atoms with Crippen LogP contribution in [-0.4, -0.2) is 0 Å². The predicted octanol–water partition coefficient (Wildman–Crippen LogP) is 5.91. The highest BCUT2D eigenvalue weighted by Crippen LogP contribution is 2.59. The number of unbranched alkanes of at least 4 members (excludes halogenated alkanes) is 1. The lowest BCUT2D eigenvalue weighted by molar-refractivity contribution is 0.259. The molecule has 0 aromatic carbocycles. The quantitative estimate of drug-likeness (QED) is 0.532. The second-order valence-corrected chi connectivity index (χ2v) is 6.24. The highest BCUT2D eigenvalue weighted by atomic mass is 14.6. The molecule has 17 heavy (non-hydrogen) atoms. The van der Waals surface area contributed by atoms with E-state index in [1.807, 2.05) is 13.8 Å². The lowest BCUT2D eigenvalue weighted by Gasteiger charge is -2.23. The molecule has 3 aliphatic rings. The molecule has 4 unspecified atom stereocenters. The summed E-state index contributed by atoms with van der Waals surface area (Å²) in [5.41, 5.74) is 0. The molecule has 3 fully saturated rings. The van der Waals surface area contributed by atoms with E-state index in [2.05, 4.69) is 20.8 Å². The van der Waals surface area contributed by atoms with Gasteiger partial charge in [0.05, 0.1) is 0 Å². The van der Waals surface area contributed by atoms with Crippen LogP contribution in [0.5, 0.6) is 0 Å². The molecule has 0 aliphatic heterocycles. The Morgan fingerprint density at radius 2 is 1.18 bits per heavy atom. The molecule has 0 heteroatoms. The van der Waals surface area contributed by atoms with Gasteiger partial charge in [-0.25, -0.2) is 0 Å². The largest absolute Gasteiger partial charge is 0.0683 e. The van der Waals surface area contributed by atoms with Gasteiger partial charge in [-0.3, -0.25) is 0 Å². The maximum atomic E-state index is 2.46. The van der Waals surface area contributed by atoms with Gasteiger partial charge in [0.1, 0.15) is 0 Å². The van der Waals surface area contributed by atoms with E-state index in [-0.39, 0.29) is 0 Å². The second kappa shape index (κ2) is 7.44. The van der Waals surface area contributed by atoms with E-state index in [1.165, 1.54) is 36.5 Å². The monoisotopic (exact) mass is 238 g/mol. The minimum Gasteiger partial charge on any atom is -0.0683 e. The van der Waals surface area contributed by atoms with Gasteiger partial charge in [-0.2, -0.15) is 0 Å². The van der Waals surface area contributed by atoms with Crippen LogP contribution in [0.1, 0.15) is 79.6 Å². The fourth-order valence-electron chi connectivity index (χ4n) is 4.29. The normalized spacial score (nSPS) is 41.1. The Hall–Kier alpha value is 0. The first-order valence-corrected chi connectivity index (χ1v) is 8.26. The molecule has 0 N–H and O–H groups in total. The summed E-state index contributed by atoms with van der Waals surface area (Å²) in [5, 5.41) is 0. The van der Waals surface area contributed by atoms with Crippen LogP contribution in [0, 0.1) is 29.6 Å². The van der Waals surface area contributed by atoms with Crippen molar-refractivity contribution in [3.05, 3.63) is 0 Å². The van der Waals surface area contributed by atoms with E-state index in [0.717, 1.165) is 5.92 Å². The fourth-order valence-corrected chi connectivity index (χ4v) is 4.29. The second-order valence-electron chi connectivity index (χ2n) is 6.24. The van der Waals surface area contributed by atoms with Gasteiger partial charge in [0.15, 0.2) is 0 Å². The minimum absolute atomic E-state index is 1.06. The van der Waals surface area contributed by atoms with E-state index in [0.29, 0.717) is 0 Å². The average Bonchev–Trinajstić information content (AvgIpc) is 3.03. The third kappa shape index (κ3) is 3.48. The molecule has 2 bridgehead atoms. The van der Waals surface area contributed by atoms with E-state index in [1.54, 1.807) is 32.1 Å². The molecule has 3 rings (SSSR count). The van der Waals surface area contributed by atoms with Crippen molar-refractivity contribution >= 4 is 0 Å². The highest BCUT2D eigenvalue weighted by molar-refractivity contribution is 5.00. The number of hydrogen-bond acceptors (Lipinski definition) is 0. The van der Waals surface area contributed by atoms with E-state index in [4.69, 9.17) is 0 Å². The first-order chi connectivity index (χ1) is 8.26. The molecule has 102 valence electrons. The molecule has 0 aromatic rings. The van der Waals surface area contributed by atoms with Crippen LogP contribution in [0.15, 0.2) is 0 Å². The van der Waals surface area contributed by atoms with Crippen molar-refractivity contribution in [2.24, 2.45) is 29.6 Å². The van der Waals surface area contributed by atoms with Gasteiger partial charge in [0.2, 0.25) is 0 Å². The number of rotatable bonds is 1. The highest BCUT2D eigenvalue weighted by Gasteiger charge is 2.50. The Morgan fingerprint density at radius 3 is 1.53 bits per heavy atom. The van der Waals surface area contributed by atoms with Crippen LogP contribution < -0.4 is 0 Å². The molecule has 0 aromatic heterocycles. The van der Waals surface area contributed by atoms with Crippen molar-refractivity contribution in [3.63, 3.8) is 0 Å². The first-order valence-electron chi connectivity index (χ1n) is 8.26. The van der Waals surface area contributed by atoms with Crippen LogP contribution in [0.2, 0.25) is 0 Å². The standard InChI is InChI=1S/C11H18.C4H10.C2H6/c1-7-4-10-8-2-3-9(6-8)11(10)5-7;1-3-4-2;1-2/h7-11H,2-6H2,1H3;3-4H2,1-2H3;1-2H3. The summed E-state index contributed by atoms with van der Waals surface area (Å²) in [4.78, 5) is 0. The van der Waals surface area contributed by atoms with E-state index < -0.39 is 0 Å². The summed E-state index contributed by atoms with van der Waals surface area (Å²) in [5.74, 6) is 5.78. The van der Waals surface area contributed by atoms with Gasteiger partial charge in [0.25, 0.3) is 0 Å². The zero-order valence-electron chi connectivity index (χ0n) is 12.8. The molecule has 0 saturated heterocycles. The Bertz CT molecular complexity index is 176. The van der Waals surface area contributed by atoms with Gasteiger partial charge in [0, 0.05) is 0 Å². The maximum absolute atomic E-state index is 2.46. The van der Waals surface area contributed by atoms with Crippen molar-refractivity contribution in [1.29, 1.82) is 0 Å². The number of fused-ring (bicyclic) bond motifs is 5. The third-order valence-electron chi connectivity index (χ3n) is 5.12. The summed E-state index contributed by atoms with van der Waals surface area (Å²) in [6.07, 6.45) is 10.6. The van der Waals surface area contributed by atoms with E-state index >= 15 is 0 Å². The van der Waals surface area contributed by atoms with Crippen molar-refractivity contribution < 1.29 is 0 Å². The molecule has 0 nitrogen and oxygen atoms in total. The summed E-state index contributed by atoms with van der Waals surface area (Å²) in [6, 6.07) is 0. The first kappa shape index (κ1) is 15.1. The molecule has 0 amide bonds. The topological polar surface area (TPSA) is 0 Å². The summed E-state index contributed by atoms with van der Waals surface area (Å²) in [7, 11) is 0. The summed E-state index contributed by atoms with van der Waals surface area (Å²) >= 11 is 0. The number of hydrogen-bond donors (Lipinski definition) is 0. The lowest BCUT2D eigenvalue weighted by atomic mass is 9.82. The van der Waals surface area contributed by atoms with Crippen molar-refractivity contribution in [2.45, 2.75) is 79.6 Å². The molecule has 3 saturated carbocycles. The average molecular weight is 238 g/mol. The zero-order chi connectivity index (χ0) is 12.8. The Balaban J connectivity index is 0.000000209. The summed E-state index contributed by atoms with van der Waals surface area (Å²) < 4.78 is 0. The van der Waals surface area contributed by atoms with Crippen LogP contribution in [0.4, 0.5) is 0 Å². The predicted molar refractivity (Wildman–Crippen MR) is 78.1 cm³/mol. The molecular formula is C17H34. The van der Waals surface area contributed by atoms with Crippen LogP contribution in [0.25, 0.3) is 0 Å². The summed E-state index contributed by atoms with van der Waals surface area (Å²) in [6.45, 7) is 10.8.